The molecule has 1 aromatic rings. The van der Waals surface area contributed by atoms with Crippen LogP contribution in [-0.4, -0.2) is 17.6 Å². The van der Waals surface area contributed by atoms with E-state index in [1.54, 1.807) is 0 Å². The summed E-state index contributed by atoms with van der Waals surface area (Å²) in [5.74, 6) is 0.970. The van der Waals surface area contributed by atoms with Crippen molar-refractivity contribution in [1.82, 2.24) is 4.98 Å². The SMILES string of the molecule is CCCC1CNc2cc(Br)cnc2N1. The van der Waals surface area contributed by atoms with Gasteiger partial charge in [-0.25, -0.2) is 4.98 Å². The number of aromatic nitrogens is 1. The maximum Gasteiger partial charge on any atom is 0.149 e. The Morgan fingerprint density at radius 1 is 1.64 bits per heavy atom. The van der Waals surface area contributed by atoms with Gasteiger partial charge in [0.2, 0.25) is 0 Å². The summed E-state index contributed by atoms with van der Waals surface area (Å²) in [5, 5.41) is 6.81. The summed E-state index contributed by atoms with van der Waals surface area (Å²) < 4.78 is 1.01. The van der Waals surface area contributed by atoms with Gasteiger partial charge in [0.1, 0.15) is 5.82 Å². The quantitative estimate of drug-likeness (QED) is 0.854. The first kappa shape index (κ1) is 9.77. The van der Waals surface area contributed by atoms with Crippen LogP contribution in [0.15, 0.2) is 16.7 Å². The molecule has 0 aromatic carbocycles. The zero-order valence-electron chi connectivity index (χ0n) is 8.18. The fraction of sp³-hybridized carbons (Fsp3) is 0.500. The number of nitrogens with one attached hydrogen (secondary N) is 2. The molecule has 1 atom stereocenters. The molecule has 0 aliphatic carbocycles. The number of fused-ring (bicyclic) bond motifs is 1. The van der Waals surface area contributed by atoms with Crippen LogP contribution in [0.3, 0.4) is 0 Å². The summed E-state index contributed by atoms with van der Waals surface area (Å²) in [4.78, 5) is 4.33. The lowest BCUT2D eigenvalue weighted by Gasteiger charge is -2.27. The molecule has 0 radical (unpaired) electrons. The van der Waals surface area contributed by atoms with Crippen molar-refractivity contribution in [2.24, 2.45) is 0 Å². The molecule has 3 nitrogen and oxygen atoms in total. The van der Waals surface area contributed by atoms with Crippen molar-refractivity contribution in [3.63, 3.8) is 0 Å². The number of halogens is 1. The highest BCUT2D eigenvalue weighted by Gasteiger charge is 2.16. The second-order valence-corrected chi connectivity index (χ2v) is 4.48. The summed E-state index contributed by atoms with van der Waals surface area (Å²) in [6, 6.07) is 2.57. The standard InChI is InChI=1S/C10H14BrN3/c1-2-3-8-6-12-9-4-7(11)5-13-10(9)14-8/h4-5,8,12H,2-3,6H2,1H3,(H,13,14). The van der Waals surface area contributed by atoms with E-state index >= 15 is 0 Å². The molecular weight excluding hydrogens is 242 g/mol. The monoisotopic (exact) mass is 255 g/mol. The lowest BCUT2D eigenvalue weighted by Crippen LogP contribution is -2.33. The Labute approximate surface area is 92.4 Å². The molecule has 1 aromatic heterocycles. The highest BCUT2D eigenvalue weighted by atomic mass is 79.9. The van der Waals surface area contributed by atoms with E-state index in [1.165, 1.54) is 12.8 Å². The van der Waals surface area contributed by atoms with Gasteiger partial charge in [0.15, 0.2) is 0 Å². The highest BCUT2D eigenvalue weighted by Crippen LogP contribution is 2.27. The van der Waals surface area contributed by atoms with Crippen molar-refractivity contribution in [3.8, 4) is 0 Å². The Morgan fingerprint density at radius 2 is 2.50 bits per heavy atom. The molecule has 0 spiro atoms. The van der Waals surface area contributed by atoms with Gasteiger partial charge in [-0.15, -0.1) is 0 Å². The van der Waals surface area contributed by atoms with E-state index in [0.29, 0.717) is 6.04 Å². The van der Waals surface area contributed by atoms with Gasteiger partial charge in [0.25, 0.3) is 0 Å². The maximum absolute atomic E-state index is 4.33. The van der Waals surface area contributed by atoms with E-state index in [4.69, 9.17) is 0 Å². The lowest BCUT2D eigenvalue weighted by atomic mass is 10.1. The summed E-state index contributed by atoms with van der Waals surface area (Å²) >= 11 is 3.41. The zero-order chi connectivity index (χ0) is 9.97. The molecule has 2 N–H and O–H groups in total. The largest absolute Gasteiger partial charge is 0.380 e. The average molecular weight is 256 g/mol. The van der Waals surface area contributed by atoms with E-state index < -0.39 is 0 Å². The minimum Gasteiger partial charge on any atom is -0.380 e. The van der Waals surface area contributed by atoms with E-state index in [9.17, 15) is 0 Å². The van der Waals surface area contributed by atoms with Crippen LogP contribution < -0.4 is 10.6 Å². The molecule has 0 fully saturated rings. The van der Waals surface area contributed by atoms with Crippen LogP contribution in [0.5, 0.6) is 0 Å². The van der Waals surface area contributed by atoms with Gasteiger partial charge in [-0.05, 0) is 28.4 Å². The van der Waals surface area contributed by atoms with Gasteiger partial charge in [0.05, 0.1) is 5.69 Å². The normalized spacial score (nSPS) is 19.4. The molecule has 0 saturated heterocycles. The Balaban J connectivity index is 2.15. The fourth-order valence-corrected chi connectivity index (χ4v) is 2.02. The second kappa shape index (κ2) is 4.17. The first-order valence-corrected chi connectivity index (χ1v) is 5.75. The second-order valence-electron chi connectivity index (χ2n) is 3.56. The third-order valence-corrected chi connectivity index (χ3v) is 2.80. The van der Waals surface area contributed by atoms with Crippen LogP contribution in [0.4, 0.5) is 11.5 Å². The summed E-state index contributed by atoms with van der Waals surface area (Å²) in [7, 11) is 0. The van der Waals surface area contributed by atoms with E-state index in [-0.39, 0.29) is 0 Å². The summed E-state index contributed by atoms with van der Waals surface area (Å²) in [6.07, 6.45) is 4.21. The lowest BCUT2D eigenvalue weighted by molar-refractivity contribution is 0.652. The maximum atomic E-state index is 4.33. The van der Waals surface area contributed by atoms with Gasteiger partial charge < -0.3 is 10.6 Å². The first-order valence-electron chi connectivity index (χ1n) is 4.95. The van der Waals surface area contributed by atoms with Crippen LogP contribution in [-0.2, 0) is 0 Å². The van der Waals surface area contributed by atoms with Gasteiger partial charge in [-0.2, -0.15) is 0 Å². The van der Waals surface area contributed by atoms with E-state index in [2.05, 4.69) is 44.5 Å². The van der Waals surface area contributed by atoms with Crippen molar-refractivity contribution in [1.29, 1.82) is 0 Å². The molecule has 4 heteroatoms. The Bertz CT molecular complexity index is 327. The van der Waals surface area contributed by atoms with E-state index in [0.717, 1.165) is 22.5 Å². The molecule has 1 aliphatic heterocycles. The van der Waals surface area contributed by atoms with Gasteiger partial charge >= 0.3 is 0 Å². The average Bonchev–Trinajstić information content (AvgIpc) is 2.19. The Kier molecular flexibility index (Phi) is 2.91. The molecule has 1 unspecified atom stereocenters. The van der Waals surface area contributed by atoms with Crippen LogP contribution in [0.25, 0.3) is 0 Å². The number of nitrogens with zero attached hydrogens (tertiary/aromatic N) is 1. The van der Waals surface area contributed by atoms with Crippen molar-refractivity contribution in [2.75, 3.05) is 17.2 Å². The number of rotatable bonds is 2. The number of hydrogen-bond acceptors (Lipinski definition) is 3. The minimum absolute atomic E-state index is 0.515. The number of pyridine rings is 1. The third kappa shape index (κ3) is 2.00. The topological polar surface area (TPSA) is 37.0 Å². The fourth-order valence-electron chi connectivity index (χ4n) is 1.69. The molecule has 1 aliphatic rings. The first-order chi connectivity index (χ1) is 6.79. The van der Waals surface area contributed by atoms with Crippen LogP contribution in [0, 0.1) is 0 Å². The van der Waals surface area contributed by atoms with Gasteiger partial charge in [-0.1, -0.05) is 13.3 Å². The van der Waals surface area contributed by atoms with Crippen molar-refractivity contribution in [3.05, 3.63) is 16.7 Å². The molecule has 0 amide bonds. The van der Waals surface area contributed by atoms with Gasteiger partial charge in [0, 0.05) is 23.3 Å². The molecule has 76 valence electrons. The zero-order valence-corrected chi connectivity index (χ0v) is 9.76. The molecule has 2 rings (SSSR count). The number of hydrogen-bond donors (Lipinski definition) is 2. The molecule has 14 heavy (non-hydrogen) atoms. The molecular formula is C10H14BrN3. The number of anilines is 2. The van der Waals surface area contributed by atoms with E-state index in [1.807, 2.05) is 6.20 Å². The summed E-state index contributed by atoms with van der Waals surface area (Å²) in [5.41, 5.74) is 1.09. The highest BCUT2D eigenvalue weighted by molar-refractivity contribution is 9.10. The Morgan fingerprint density at radius 3 is 3.29 bits per heavy atom. The predicted molar refractivity (Wildman–Crippen MR) is 62.7 cm³/mol. The van der Waals surface area contributed by atoms with Crippen LogP contribution in [0.1, 0.15) is 19.8 Å². The van der Waals surface area contributed by atoms with Crippen LogP contribution >= 0.6 is 15.9 Å². The third-order valence-electron chi connectivity index (χ3n) is 2.37. The molecule has 0 saturated carbocycles. The minimum atomic E-state index is 0.515. The smallest absolute Gasteiger partial charge is 0.149 e. The molecule has 0 bridgehead atoms. The van der Waals surface area contributed by atoms with Crippen molar-refractivity contribution >= 4 is 27.4 Å². The Hall–Kier alpha value is -0.770. The van der Waals surface area contributed by atoms with Gasteiger partial charge in [-0.3, -0.25) is 0 Å². The van der Waals surface area contributed by atoms with Crippen LogP contribution in [0.2, 0.25) is 0 Å². The summed E-state index contributed by atoms with van der Waals surface area (Å²) in [6.45, 7) is 3.19. The van der Waals surface area contributed by atoms with Crippen molar-refractivity contribution in [2.45, 2.75) is 25.8 Å². The van der Waals surface area contributed by atoms with Crippen molar-refractivity contribution < 1.29 is 0 Å². The molecule has 2 heterocycles. The predicted octanol–water partition coefficient (Wildman–Crippen LogP) is 2.85.